The Bertz CT molecular complexity index is 585. The van der Waals surface area contributed by atoms with E-state index in [1.165, 1.54) is 0 Å². The molecule has 0 N–H and O–H groups in total. The quantitative estimate of drug-likeness (QED) is 0.768. The lowest BCUT2D eigenvalue weighted by molar-refractivity contribution is 0.0921. The number of nitriles is 1. The number of benzene rings is 2. The molecule has 3 heteroatoms. The van der Waals surface area contributed by atoms with E-state index < -0.39 is 0 Å². The Labute approximate surface area is 105 Å². The van der Waals surface area contributed by atoms with E-state index in [-0.39, 0.29) is 12.4 Å². The zero-order valence-corrected chi connectivity index (χ0v) is 9.67. The molecular formula is C15H11NO2. The van der Waals surface area contributed by atoms with Crippen LogP contribution >= 0.6 is 0 Å². The summed E-state index contributed by atoms with van der Waals surface area (Å²) in [4.78, 5) is 11.9. The molecule has 0 spiro atoms. The van der Waals surface area contributed by atoms with Crippen LogP contribution in [0, 0.1) is 11.3 Å². The van der Waals surface area contributed by atoms with Gasteiger partial charge in [0.1, 0.15) is 5.75 Å². The van der Waals surface area contributed by atoms with Crippen LogP contribution in [0.1, 0.15) is 15.9 Å². The molecule has 0 bridgehead atoms. The van der Waals surface area contributed by atoms with Gasteiger partial charge in [0.25, 0.3) is 0 Å². The minimum absolute atomic E-state index is 0.0668. The molecule has 0 aliphatic rings. The van der Waals surface area contributed by atoms with E-state index in [0.29, 0.717) is 16.9 Å². The van der Waals surface area contributed by atoms with Crippen LogP contribution in [0.2, 0.25) is 0 Å². The zero-order chi connectivity index (χ0) is 12.8. The number of ketones is 1. The van der Waals surface area contributed by atoms with E-state index in [1.807, 2.05) is 24.3 Å². The molecule has 0 saturated carbocycles. The number of hydrogen-bond donors (Lipinski definition) is 0. The Morgan fingerprint density at radius 1 is 1.06 bits per heavy atom. The molecule has 3 nitrogen and oxygen atoms in total. The van der Waals surface area contributed by atoms with Gasteiger partial charge in [-0.15, -0.1) is 0 Å². The van der Waals surface area contributed by atoms with Crippen LogP contribution in [0.3, 0.4) is 0 Å². The van der Waals surface area contributed by atoms with Gasteiger partial charge in [0.05, 0.1) is 11.6 Å². The molecule has 0 saturated heterocycles. The third-order valence-corrected chi connectivity index (χ3v) is 2.46. The van der Waals surface area contributed by atoms with Crippen molar-refractivity contribution >= 4 is 5.78 Å². The number of rotatable bonds is 4. The van der Waals surface area contributed by atoms with Gasteiger partial charge in [0.15, 0.2) is 6.61 Å². The molecule has 0 fully saturated rings. The van der Waals surface area contributed by atoms with Crippen molar-refractivity contribution in [3.8, 4) is 11.8 Å². The van der Waals surface area contributed by atoms with Gasteiger partial charge in [0, 0.05) is 5.56 Å². The molecule has 2 aromatic carbocycles. The first-order chi connectivity index (χ1) is 8.81. The lowest BCUT2D eigenvalue weighted by Gasteiger charge is -2.06. The Balaban J connectivity index is 2.07. The smallest absolute Gasteiger partial charge is 0.201 e. The van der Waals surface area contributed by atoms with E-state index >= 15 is 0 Å². The summed E-state index contributed by atoms with van der Waals surface area (Å²) in [6.07, 6.45) is 0. The highest BCUT2D eigenvalue weighted by Crippen LogP contribution is 2.11. The molecular weight excluding hydrogens is 226 g/mol. The molecule has 0 aromatic heterocycles. The first-order valence-corrected chi connectivity index (χ1v) is 5.51. The maximum Gasteiger partial charge on any atom is 0.201 e. The number of nitrogens with zero attached hydrogens (tertiary/aromatic N) is 1. The molecule has 18 heavy (non-hydrogen) atoms. The molecule has 2 aromatic rings. The van der Waals surface area contributed by atoms with Crippen LogP contribution in [0.5, 0.6) is 5.75 Å². The van der Waals surface area contributed by atoms with Crippen LogP contribution in [-0.2, 0) is 0 Å². The third kappa shape index (κ3) is 2.74. The lowest BCUT2D eigenvalue weighted by Crippen LogP contribution is -2.12. The second-order valence-electron chi connectivity index (χ2n) is 3.68. The molecule has 0 unspecified atom stereocenters. The normalized spacial score (nSPS) is 9.50. The average Bonchev–Trinajstić information content (AvgIpc) is 2.45. The number of carbonyl (C=O) groups is 1. The van der Waals surface area contributed by atoms with E-state index in [4.69, 9.17) is 10.00 Å². The monoisotopic (exact) mass is 237 g/mol. The molecule has 2 rings (SSSR count). The Hall–Kier alpha value is -2.60. The zero-order valence-electron chi connectivity index (χ0n) is 9.67. The van der Waals surface area contributed by atoms with Crippen molar-refractivity contribution in [2.45, 2.75) is 0 Å². The SMILES string of the molecule is N#Cc1ccccc1C(=O)COc1ccccc1. The van der Waals surface area contributed by atoms with Gasteiger partial charge >= 0.3 is 0 Å². The van der Waals surface area contributed by atoms with Gasteiger partial charge < -0.3 is 4.74 Å². The number of Topliss-reactive ketones (excluding diaryl/α,β-unsaturated/α-hetero) is 1. The summed E-state index contributed by atoms with van der Waals surface area (Å²) in [5.74, 6) is 0.441. The van der Waals surface area contributed by atoms with Crippen molar-refractivity contribution in [3.05, 3.63) is 65.7 Å². The third-order valence-electron chi connectivity index (χ3n) is 2.46. The second-order valence-corrected chi connectivity index (χ2v) is 3.68. The van der Waals surface area contributed by atoms with Crippen molar-refractivity contribution < 1.29 is 9.53 Å². The van der Waals surface area contributed by atoms with Gasteiger partial charge in [-0.25, -0.2) is 0 Å². The summed E-state index contributed by atoms with van der Waals surface area (Å²) in [5.41, 5.74) is 0.773. The van der Waals surface area contributed by atoms with Crippen molar-refractivity contribution in [1.82, 2.24) is 0 Å². The summed E-state index contributed by atoms with van der Waals surface area (Å²) < 4.78 is 5.36. The van der Waals surface area contributed by atoms with Gasteiger partial charge in [-0.3, -0.25) is 4.79 Å². The van der Waals surface area contributed by atoms with Crippen molar-refractivity contribution in [3.63, 3.8) is 0 Å². The Morgan fingerprint density at radius 3 is 2.44 bits per heavy atom. The Morgan fingerprint density at radius 2 is 1.72 bits per heavy atom. The fraction of sp³-hybridized carbons (Fsp3) is 0.0667. The number of hydrogen-bond acceptors (Lipinski definition) is 3. The summed E-state index contributed by atoms with van der Waals surface area (Å²) >= 11 is 0. The van der Waals surface area contributed by atoms with Crippen molar-refractivity contribution in [2.24, 2.45) is 0 Å². The van der Waals surface area contributed by atoms with Gasteiger partial charge in [-0.2, -0.15) is 5.26 Å². The number of carbonyl (C=O) groups excluding carboxylic acids is 1. The number of para-hydroxylation sites is 1. The van der Waals surface area contributed by atoms with Gasteiger partial charge in [-0.1, -0.05) is 30.3 Å². The van der Waals surface area contributed by atoms with E-state index in [1.54, 1.807) is 36.4 Å². The van der Waals surface area contributed by atoms with E-state index in [2.05, 4.69) is 0 Å². The van der Waals surface area contributed by atoms with E-state index in [9.17, 15) is 4.79 Å². The maximum atomic E-state index is 11.9. The van der Waals surface area contributed by atoms with Crippen LogP contribution in [0.25, 0.3) is 0 Å². The van der Waals surface area contributed by atoms with E-state index in [0.717, 1.165) is 0 Å². The maximum absolute atomic E-state index is 11.9. The molecule has 0 radical (unpaired) electrons. The van der Waals surface area contributed by atoms with Crippen molar-refractivity contribution in [2.75, 3.05) is 6.61 Å². The van der Waals surface area contributed by atoms with Gasteiger partial charge in [-0.05, 0) is 24.3 Å². The molecule has 0 atom stereocenters. The Kier molecular flexibility index (Phi) is 3.72. The lowest BCUT2D eigenvalue weighted by atomic mass is 10.1. The highest BCUT2D eigenvalue weighted by Gasteiger charge is 2.11. The summed E-state index contributed by atoms with van der Waals surface area (Å²) in [7, 11) is 0. The van der Waals surface area contributed by atoms with Crippen molar-refractivity contribution in [1.29, 1.82) is 5.26 Å². The van der Waals surface area contributed by atoms with Crippen LogP contribution < -0.4 is 4.74 Å². The molecule has 0 amide bonds. The van der Waals surface area contributed by atoms with Crippen LogP contribution in [0.15, 0.2) is 54.6 Å². The molecule has 0 heterocycles. The molecule has 0 aliphatic carbocycles. The standard InChI is InChI=1S/C15H11NO2/c16-10-12-6-4-5-9-14(12)15(17)11-18-13-7-2-1-3-8-13/h1-9H,11H2. The fourth-order valence-electron chi connectivity index (χ4n) is 1.57. The topological polar surface area (TPSA) is 50.1 Å². The van der Waals surface area contributed by atoms with Crippen LogP contribution in [0.4, 0.5) is 0 Å². The number of ether oxygens (including phenoxy) is 1. The predicted octanol–water partition coefficient (Wildman–Crippen LogP) is 2.82. The first kappa shape index (κ1) is 11.9. The summed E-state index contributed by atoms with van der Waals surface area (Å²) in [5, 5.41) is 8.91. The molecule has 88 valence electrons. The first-order valence-electron chi connectivity index (χ1n) is 5.51. The minimum Gasteiger partial charge on any atom is -0.485 e. The molecule has 0 aliphatic heterocycles. The van der Waals surface area contributed by atoms with Gasteiger partial charge in [0.2, 0.25) is 5.78 Å². The summed E-state index contributed by atoms with van der Waals surface area (Å²) in [6.45, 7) is -0.0668. The predicted molar refractivity (Wildman–Crippen MR) is 67.4 cm³/mol. The average molecular weight is 237 g/mol. The minimum atomic E-state index is -0.198. The van der Waals surface area contributed by atoms with Crippen LogP contribution in [-0.4, -0.2) is 12.4 Å². The highest BCUT2D eigenvalue weighted by atomic mass is 16.5. The highest BCUT2D eigenvalue weighted by molar-refractivity contribution is 5.99. The second kappa shape index (κ2) is 5.65. The fourth-order valence-corrected chi connectivity index (χ4v) is 1.57. The largest absolute Gasteiger partial charge is 0.485 e. The summed E-state index contributed by atoms with van der Waals surface area (Å²) in [6, 6.07) is 17.8.